The Labute approximate surface area is 459 Å². The van der Waals surface area contributed by atoms with Crippen molar-refractivity contribution in [2.24, 2.45) is 32.9 Å². The number of rotatable bonds is 31. The molecule has 0 aliphatic carbocycles. The number of aryl methyl sites for hydroxylation is 2. The van der Waals surface area contributed by atoms with Gasteiger partial charge in [0, 0.05) is 67.9 Å². The molecule has 0 saturated heterocycles. The molecule has 0 radical (unpaired) electrons. The van der Waals surface area contributed by atoms with Crippen molar-refractivity contribution in [2.75, 3.05) is 36.9 Å². The fraction of sp³-hybridized carbons (Fsp3) is 0.358. The number of imidazole rings is 2. The zero-order valence-electron chi connectivity index (χ0n) is 45.2. The van der Waals surface area contributed by atoms with E-state index in [0.29, 0.717) is 34.7 Å². The van der Waals surface area contributed by atoms with Gasteiger partial charge in [-0.2, -0.15) is 5.10 Å². The minimum absolute atomic E-state index is 0.00439. The zero-order valence-corrected chi connectivity index (χ0v) is 45.2. The van der Waals surface area contributed by atoms with Crippen molar-refractivity contribution in [3.05, 3.63) is 101 Å². The van der Waals surface area contributed by atoms with Crippen LogP contribution in [0.1, 0.15) is 97.2 Å². The van der Waals surface area contributed by atoms with Crippen molar-refractivity contribution in [1.82, 2.24) is 33.8 Å². The molecule has 27 nitrogen and oxygen atoms in total. The number of aliphatic imine (C=N–C) groups is 2. The van der Waals surface area contributed by atoms with Crippen LogP contribution in [-0.4, -0.2) is 141 Å². The van der Waals surface area contributed by atoms with Gasteiger partial charge in [0.2, 0.25) is 23.7 Å². The second-order valence-corrected chi connectivity index (χ2v) is 18.2. The maximum absolute atomic E-state index is 14.0. The molecule has 5 rings (SSSR count). The molecule has 0 saturated carbocycles. The predicted octanol–water partition coefficient (Wildman–Crippen LogP) is 3.96. The predicted molar refractivity (Wildman–Crippen MR) is 299 cm³/mol. The molecule has 5 aromatic rings. The second kappa shape index (κ2) is 28.5. The first-order valence-corrected chi connectivity index (χ1v) is 25.3. The van der Waals surface area contributed by atoms with Gasteiger partial charge in [-0.3, -0.25) is 58.9 Å². The molecular formula is C53H67N15O12. The molecule has 0 fully saturated rings. The number of carboxylic acid groups (broad SMARTS) is 3. The van der Waals surface area contributed by atoms with Crippen LogP contribution in [0.4, 0.5) is 11.9 Å². The van der Waals surface area contributed by atoms with Crippen molar-refractivity contribution in [3.63, 3.8) is 0 Å². The Morgan fingerprint density at radius 3 is 1.86 bits per heavy atom. The van der Waals surface area contributed by atoms with Crippen LogP contribution in [0, 0.1) is 6.92 Å². The number of carboxylic acids is 3. The minimum atomic E-state index is -1.17. The summed E-state index contributed by atoms with van der Waals surface area (Å²) in [7, 11) is 0. The zero-order chi connectivity index (χ0) is 58.8. The van der Waals surface area contributed by atoms with Crippen LogP contribution in [-0.2, 0) is 38.8 Å². The van der Waals surface area contributed by atoms with Crippen LogP contribution in [0.2, 0.25) is 0 Å². The van der Waals surface area contributed by atoms with Crippen LogP contribution >= 0.6 is 0 Å². The second-order valence-electron chi connectivity index (χ2n) is 18.2. The topological polar surface area (TPSA) is 408 Å². The van der Waals surface area contributed by atoms with E-state index in [-0.39, 0.29) is 115 Å². The summed E-state index contributed by atoms with van der Waals surface area (Å²) in [5.74, 6) is -5.84. The minimum Gasteiger partial charge on any atom is -0.491 e. The molecule has 2 aromatic carbocycles. The Morgan fingerprint density at radius 2 is 1.36 bits per heavy atom. The highest BCUT2D eigenvalue weighted by Gasteiger charge is 2.28. The van der Waals surface area contributed by atoms with E-state index in [1.165, 1.54) is 47.4 Å². The van der Waals surface area contributed by atoms with Gasteiger partial charge in [-0.25, -0.2) is 9.97 Å². The van der Waals surface area contributed by atoms with Gasteiger partial charge in [0.05, 0.1) is 54.5 Å². The summed E-state index contributed by atoms with van der Waals surface area (Å²) in [5.41, 5.74) is 26.0. The molecule has 0 aliphatic heterocycles. The number of fused-ring (bicyclic) bond motifs is 2. The van der Waals surface area contributed by atoms with Crippen LogP contribution in [0.25, 0.3) is 22.1 Å². The number of anilines is 2. The monoisotopic (exact) mass is 1110 g/mol. The number of ether oxygens (including phenoxy) is 2. The summed E-state index contributed by atoms with van der Waals surface area (Å²) < 4.78 is 17.1. The number of hydrogen-bond acceptors (Lipinski definition) is 17. The van der Waals surface area contributed by atoms with Gasteiger partial charge in [-0.1, -0.05) is 18.2 Å². The van der Waals surface area contributed by atoms with E-state index < -0.39 is 60.4 Å². The number of carbonyl (C=O) groups is 7. The average molecular weight is 1110 g/mol. The van der Waals surface area contributed by atoms with E-state index in [9.17, 15) is 48.9 Å². The van der Waals surface area contributed by atoms with E-state index in [2.05, 4.69) is 30.7 Å². The lowest BCUT2D eigenvalue weighted by molar-refractivity contribution is -0.141. The number of nitrogens with zero attached hydrogens (tertiary/aromatic N) is 9. The van der Waals surface area contributed by atoms with E-state index in [1.54, 1.807) is 79.0 Å². The third kappa shape index (κ3) is 16.4. The lowest BCUT2D eigenvalue weighted by atomic mass is 10.1. The van der Waals surface area contributed by atoms with Gasteiger partial charge < -0.3 is 61.8 Å². The normalized spacial score (nSPS) is 12.4. The van der Waals surface area contributed by atoms with Crippen LogP contribution in [0.3, 0.4) is 0 Å². The van der Waals surface area contributed by atoms with Gasteiger partial charge >= 0.3 is 17.9 Å². The quantitative estimate of drug-likeness (QED) is 0.0172. The summed E-state index contributed by atoms with van der Waals surface area (Å²) in [4.78, 5) is 107. The van der Waals surface area contributed by atoms with E-state index in [1.807, 2.05) is 6.92 Å². The number of benzene rings is 2. The number of carbonyl (C=O) groups excluding carboxylic acids is 4. The van der Waals surface area contributed by atoms with Gasteiger partial charge in [0.25, 0.3) is 11.8 Å². The van der Waals surface area contributed by atoms with Crippen molar-refractivity contribution in [3.8, 4) is 11.5 Å². The summed E-state index contributed by atoms with van der Waals surface area (Å²) in [5, 5.41) is 38.3. The Kier molecular flexibility index (Phi) is 21.8. The first-order valence-electron chi connectivity index (χ1n) is 25.3. The van der Waals surface area contributed by atoms with Crippen LogP contribution in [0.5, 0.6) is 11.5 Å². The fourth-order valence-electron chi connectivity index (χ4n) is 8.43. The van der Waals surface area contributed by atoms with Gasteiger partial charge in [-0.15, -0.1) is 0 Å². The van der Waals surface area contributed by atoms with E-state index in [0.717, 1.165) is 0 Å². The third-order valence-corrected chi connectivity index (χ3v) is 11.7. The first kappa shape index (κ1) is 61.0. The number of nitrogens with one attached hydrogen (secondary N) is 2. The molecule has 13 N–H and O–H groups in total. The molecule has 27 heteroatoms. The first-order chi connectivity index (χ1) is 38.1. The summed E-state index contributed by atoms with van der Waals surface area (Å²) in [6.07, 6.45) is 9.84. The highest BCUT2D eigenvalue weighted by molar-refractivity contribution is 6.47. The highest BCUT2D eigenvalue weighted by atomic mass is 16.5. The number of aromatic nitrogens is 6. The Bertz CT molecular complexity index is 3300. The van der Waals surface area contributed by atoms with Crippen molar-refractivity contribution in [2.45, 2.75) is 98.9 Å². The average Bonchev–Trinajstić information content (AvgIpc) is 4.15. The summed E-state index contributed by atoms with van der Waals surface area (Å²) in [6.45, 7) is 11.0. The lowest BCUT2D eigenvalue weighted by Gasteiger charge is -2.36. The number of aliphatic carboxylic acids is 3. The van der Waals surface area contributed by atoms with E-state index >= 15 is 0 Å². The fourth-order valence-corrected chi connectivity index (χ4v) is 8.43. The largest absolute Gasteiger partial charge is 0.491 e. The van der Waals surface area contributed by atoms with Crippen LogP contribution < -0.4 is 43.0 Å². The molecule has 0 atom stereocenters. The Balaban J connectivity index is 1.56. The van der Waals surface area contributed by atoms with Crippen molar-refractivity contribution in [1.29, 1.82) is 0 Å². The SMILES string of the molecule is CCN=C(/C=C(/C)N)C(=O)Nc1nc2cc(C(N)=O)cc(OCCCC(=O)O)c2n1C/C=C/Cn1c(NC(=O)c2cc(C)nn2CC)nc2cc(C(N)=O)cc(OC/C=C/CN=C/C(=C\N)N(C(C)C)C(CC(=O)O)CC(=O)O)c21. The molecule has 3 aromatic heterocycles. The van der Waals surface area contributed by atoms with Gasteiger partial charge in [-0.05, 0) is 90.4 Å². The number of hydrogen-bond donors (Lipinski definition) is 9. The summed E-state index contributed by atoms with van der Waals surface area (Å²) >= 11 is 0. The summed E-state index contributed by atoms with van der Waals surface area (Å²) in [6, 6.07) is 6.10. The standard InChI is InChI=1S/C53H67N15O12/c1-7-59-39(20-31(5)55)50(77)62-52-60-37-22-34(49(57)76)25-42(80-19-13-14-43(69)70)47(37)65(52)16-10-11-17-66-46-38(61-53(66)63-51(78)40-21-32(6)64-67(40)8-2)23-33(48(56)75)24-41(46)79-18-12-9-15-58-29-36(28-54)68(30(3)4)35(26-44(71)72)27-45(73)74/h9-12,20-25,28-30,35H,7-8,13-19,26-27,54-55H2,1-6H3,(H2,56,75)(H2,57,76)(H,69,70)(H,71,72)(H,73,74)(H,60,62,77)(H,61,63,78)/b11-10+,12-9+,31-20-,36-28+,58-29?,59-39?. The third-order valence-electron chi connectivity index (χ3n) is 11.7. The number of allylic oxidation sites excluding steroid dienone is 4. The van der Waals surface area contributed by atoms with Crippen molar-refractivity contribution >= 4 is 87.4 Å². The number of amides is 4. The number of nitrogens with two attached hydrogens (primary N) is 4. The smallest absolute Gasteiger partial charge is 0.305 e. The molecule has 0 bridgehead atoms. The highest BCUT2D eigenvalue weighted by Crippen LogP contribution is 2.33. The Hall–Kier alpha value is -9.82. The van der Waals surface area contributed by atoms with Gasteiger partial charge in [0.15, 0.2) is 0 Å². The van der Waals surface area contributed by atoms with Crippen LogP contribution in [0.15, 0.2) is 88.3 Å². The Morgan fingerprint density at radius 1 is 0.787 bits per heavy atom. The molecule has 80 heavy (non-hydrogen) atoms. The molecular weight excluding hydrogens is 1040 g/mol. The molecule has 426 valence electrons. The maximum atomic E-state index is 14.0. The van der Waals surface area contributed by atoms with Crippen molar-refractivity contribution < 1.29 is 58.4 Å². The molecule has 0 aliphatic rings. The van der Waals surface area contributed by atoms with Gasteiger partial charge in [0.1, 0.15) is 40.5 Å². The van der Waals surface area contributed by atoms with E-state index in [4.69, 9.17) is 37.4 Å². The molecule has 0 spiro atoms. The lowest BCUT2D eigenvalue weighted by Crippen LogP contribution is -2.43. The molecule has 3 heterocycles. The maximum Gasteiger partial charge on any atom is 0.305 e. The molecule has 4 amide bonds. The molecule has 0 unspecified atom stereocenters. The number of primary amides is 2.